The van der Waals surface area contributed by atoms with E-state index in [2.05, 4.69) is 0 Å². The molecule has 1 amide bonds. The first-order chi connectivity index (χ1) is 14.8. The van der Waals surface area contributed by atoms with Gasteiger partial charge < -0.3 is 14.7 Å². The molecule has 0 saturated carbocycles. The summed E-state index contributed by atoms with van der Waals surface area (Å²) in [6.45, 7) is 0.140. The van der Waals surface area contributed by atoms with Gasteiger partial charge in [-0.15, -0.1) is 0 Å². The number of benzene rings is 3. The number of Topliss-reactive ketones (excluding diaryl/α,β-unsaturated/α-hetero) is 1. The maximum Gasteiger partial charge on any atom is 0.264 e. The molecule has 0 radical (unpaired) electrons. The fourth-order valence-corrected chi connectivity index (χ4v) is 4.25. The quantitative estimate of drug-likeness (QED) is 0.530. The molecule has 1 aliphatic heterocycles. The van der Waals surface area contributed by atoms with Gasteiger partial charge in [0.1, 0.15) is 5.75 Å². The van der Waals surface area contributed by atoms with Gasteiger partial charge in [0, 0.05) is 21.2 Å². The molecule has 1 N–H and O–H groups in total. The van der Waals surface area contributed by atoms with Gasteiger partial charge in [-0.25, -0.2) is 0 Å². The van der Waals surface area contributed by atoms with Crippen molar-refractivity contribution < 1.29 is 19.4 Å². The molecule has 5 nitrogen and oxygen atoms in total. The van der Waals surface area contributed by atoms with Crippen LogP contribution in [0.15, 0.2) is 66.7 Å². The van der Waals surface area contributed by atoms with Crippen LogP contribution in [0.1, 0.15) is 27.9 Å². The van der Waals surface area contributed by atoms with E-state index < -0.39 is 11.5 Å². The van der Waals surface area contributed by atoms with Gasteiger partial charge in [0.15, 0.2) is 11.4 Å². The minimum Gasteiger partial charge on any atom is -0.497 e. The summed E-state index contributed by atoms with van der Waals surface area (Å²) in [6, 6.07) is 18.6. The molecule has 3 aromatic rings. The van der Waals surface area contributed by atoms with E-state index in [1.807, 2.05) is 0 Å². The van der Waals surface area contributed by atoms with E-state index in [1.54, 1.807) is 66.7 Å². The Bertz CT molecular complexity index is 1180. The number of carbonyl (C=O) groups is 2. The Balaban J connectivity index is 1.68. The Hall–Kier alpha value is -2.86. The highest BCUT2D eigenvalue weighted by Gasteiger charge is 2.50. The fourth-order valence-electron chi connectivity index (χ4n) is 3.79. The third-order valence-corrected chi connectivity index (χ3v) is 5.98. The molecule has 4 rings (SSSR count). The summed E-state index contributed by atoms with van der Waals surface area (Å²) in [5.41, 5.74) is -0.00835. The van der Waals surface area contributed by atoms with E-state index >= 15 is 0 Å². The largest absolute Gasteiger partial charge is 0.497 e. The lowest BCUT2D eigenvalue weighted by molar-refractivity contribution is -0.136. The highest BCUT2D eigenvalue weighted by Crippen LogP contribution is 2.44. The predicted molar refractivity (Wildman–Crippen MR) is 120 cm³/mol. The van der Waals surface area contributed by atoms with Crippen molar-refractivity contribution in [1.82, 2.24) is 0 Å². The van der Waals surface area contributed by atoms with Crippen molar-refractivity contribution in [1.29, 1.82) is 0 Å². The fraction of sp³-hybridized carbons (Fsp3) is 0.167. The van der Waals surface area contributed by atoms with Crippen LogP contribution >= 0.6 is 23.2 Å². The number of para-hydroxylation sites is 1. The molecule has 0 bridgehead atoms. The number of carbonyl (C=O) groups excluding carboxylic acids is 2. The number of rotatable bonds is 6. The molecule has 158 valence electrons. The summed E-state index contributed by atoms with van der Waals surface area (Å²) in [6.07, 6.45) is -0.388. The number of hydrogen-bond acceptors (Lipinski definition) is 4. The molecule has 1 unspecified atom stereocenters. The number of aliphatic hydroxyl groups is 1. The van der Waals surface area contributed by atoms with Crippen LogP contribution in [-0.4, -0.2) is 23.9 Å². The molecule has 1 heterocycles. The van der Waals surface area contributed by atoms with Gasteiger partial charge in [-0.3, -0.25) is 9.59 Å². The standard InChI is InChI=1S/C24H19Cl2NO4/c1-31-18-6-4-5-15(11-18)22(28)13-24(30)19-7-2-3-8-21(19)27(23(24)29)14-16-9-10-17(25)12-20(16)26/h2-12,30H,13-14H2,1H3. The molecule has 0 saturated heterocycles. The van der Waals surface area contributed by atoms with Crippen molar-refractivity contribution >= 4 is 40.6 Å². The monoisotopic (exact) mass is 455 g/mol. The minimum atomic E-state index is -1.98. The van der Waals surface area contributed by atoms with Crippen molar-refractivity contribution in [2.75, 3.05) is 12.0 Å². The van der Waals surface area contributed by atoms with Crippen LogP contribution in [0, 0.1) is 0 Å². The van der Waals surface area contributed by atoms with Gasteiger partial charge in [0.2, 0.25) is 0 Å². The smallest absolute Gasteiger partial charge is 0.264 e. The second-order valence-electron chi connectivity index (χ2n) is 7.34. The summed E-state index contributed by atoms with van der Waals surface area (Å²) >= 11 is 12.3. The lowest BCUT2D eigenvalue weighted by atomic mass is 9.88. The second kappa shape index (κ2) is 8.35. The number of ketones is 1. The number of halogens is 2. The highest BCUT2D eigenvalue weighted by atomic mass is 35.5. The number of ether oxygens (including phenoxy) is 1. The zero-order valence-electron chi connectivity index (χ0n) is 16.6. The molecule has 0 aromatic heterocycles. The summed E-state index contributed by atoms with van der Waals surface area (Å²) in [4.78, 5) is 27.8. The van der Waals surface area contributed by atoms with Crippen molar-refractivity contribution in [3.63, 3.8) is 0 Å². The Morgan fingerprint density at radius 3 is 2.58 bits per heavy atom. The molecule has 3 aromatic carbocycles. The summed E-state index contributed by atoms with van der Waals surface area (Å²) < 4.78 is 5.17. The van der Waals surface area contributed by atoms with E-state index in [1.165, 1.54) is 12.0 Å². The average molecular weight is 456 g/mol. The van der Waals surface area contributed by atoms with E-state index in [9.17, 15) is 14.7 Å². The molecule has 0 aliphatic carbocycles. The molecule has 7 heteroatoms. The summed E-state index contributed by atoms with van der Waals surface area (Å²) in [5.74, 6) is -0.415. The van der Waals surface area contributed by atoms with E-state index in [0.29, 0.717) is 38.2 Å². The van der Waals surface area contributed by atoms with Gasteiger partial charge in [-0.05, 0) is 35.9 Å². The first kappa shape index (κ1) is 21.4. The Labute approximate surface area is 189 Å². The number of hydrogen-bond donors (Lipinski definition) is 1. The van der Waals surface area contributed by atoms with Crippen LogP contribution in [0.4, 0.5) is 5.69 Å². The topological polar surface area (TPSA) is 66.8 Å². The Kier molecular flexibility index (Phi) is 5.75. The van der Waals surface area contributed by atoms with Crippen molar-refractivity contribution in [3.05, 3.63) is 93.5 Å². The summed E-state index contributed by atoms with van der Waals surface area (Å²) in [5, 5.41) is 12.3. The molecular formula is C24H19Cl2NO4. The minimum absolute atomic E-state index is 0.140. The zero-order valence-corrected chi connectivity index (χ0v) is 18.2. The Morgan fingerprint density at radius 2 is 1.84 bits per heavy atom. The number of nitrogens with zero attached hydrogens (tertiary/aromatic N) is 1. The van der Waals surface area contributed by atoms with E-state index in [4.69, 9.17) is 27.9 Å². The van der Waals surface area contributed by atoms with Gasteiger partial charge in [-0.2, -0.15) is 0 Å². The first-order valence-electron chi connectivity index (χ1n) is 9.58. The lowest BCUT2D eigenvalue weighted by Gasteiger charge is -2.23. The third kappa shape index (κ3) is 3.92. The zero-order chi connectivity index (χ0) is 22.2. The van der Waals surface area contributed by atoms with E-state index in [0.717, 1.165) is 0 Å². The maximum atomic E-state index is 13.4. The van der Waals surface area contributed by atoms with Gasteiger partial charge in [0.25, 0.3) is 5.91 Å². The van der Waals surface area contributed by atoms with Crippen molar-refractivity contribution in [3.8, 4) is 5.75 Å². The van der Waals surface area contributed by atoms with Crippen LogP contribution in [0.2, 0.25) is 10.0 Å². The predicted octanol–water partition coefficient (Wildman–Crippen LogP) is 5.01. The number of anilines is 1. The highest BCUT2D eigenvalue weighted by molar-refractivity contribution is 6.35. The van der Waals surface area contributed by atoms with Crippen LogP contribution in [0.3, 0.4) is 0 Å². The maximum absolute atomic E-state index is 13.4. The van der Waals surface area contributed by atoms with Gasteiger partial charge in [0.05, 0.1) is 25.8 Å². The molecular weight excluding hydrogens is 437 g/mol. The second-order valence-corrected chi connectivity index (χ2v) is 8.18. The van der Waals surface area contributed by atoms with Crippen LogP contribution < -0.4 is 9.64 Å². The molecule has 0 fully saturated rings. The number of methoxy groups -OCH3 is 1. The van der Waals surface area contributed by atoms with Crippen LogP contribution in [-0.2, 0) is 16.9 Å². The molecule has 1 aliphatic rings. The number of amides is 1. The van der Waals surface area contributed by atoms with Crippen molar-refractivity contribution in [2.45, 2.75) is 18.6 Å². The van der Waals surface area contributed by atoms with Gasteiger partial charge in [-0.1, -0.05) is 59.6 Å². The summed E-state index contributed by atoms with van der Waals surface area (Å²) in [7, 11) is 1.51. The van der Waals surface area contributed by atoms with Gasteiger partial charge >= 0.3 is 0 Å². The lowest BCUT2D eigenvalue weighted by Crippen LogP contribution is -2.41. The Morgan fingerprint density at radius 1 is 1.06 bits per heavy atom. The van der Waals surface area contributed by atoms with E-state index in [-0.39, 0.29) is 18.7 Å². The van der Waals surface area contributed by atoms with Crippen LogP contribution in [0.25, 0.3) is 0 Å². The molecule has 31 heavy (non-hydrogen) atoms. The third-order valence-electron chi connectivity index (χ3n) is 5.39. The molecule has 0 spiro atoms. The van der Waals surface area contributed by atoms with Crippen molar-refractivity contribution in [2.24, 2.45) is 0 Å². The first-order valence-corrected chi connectivity index (χ1v) is 10.3. The molecule has 1 atom stereocenters. The normalized spacial score (nSPS) is 17.5. The average Bonchev–Trinajstić information content (AvgIpc) is 2.97. The van der Waals surface area contributed by atoms with Crippen LogP contribution in [0.5, 0.6) is 5.75 Å². The number of fused-ring (bicyclic) bond motifs is 1. The SMILES string of the molecule is COc1cccc(C(=O)CC2(O)C(=O)N(Cc3ccc(Cl)cc3Cl)c3ccccc32)c1.